The van der Waals surface area contributed by atoms with Crippen LogP contribution in [-0.4, -0.2) is 23.9 Å². The van der Waals surface area contributed by atoms with Crippen LogP contribution < -0.4 is 16.4 Å². The third-order valence-corrected chi connectivity index (χ3v) is 3.44. The van der Waals surface area contributed by atoms with Crippen molar-refractivity contribution in [2.75, 3.05) is 11.9 Å². The third-order valence-electron chi connectivity index (χ3n) is 3.44. The molecule has 1 aromatic rings. The number of benzene rings is 1. The fourth-order valence-corrected chi connectivity index (χ4v) is 2.18. The van der Waals surface area contributed by atoms with Gasteiger partial charge in [-0.2, -0.15) is 0 Å². The van der Waals surface area contributed by atoms with Gasteiger partial charge < -0.3 is 16.4 Å². The van der Waals surface area contributed by atoms with E-state index in [2.05, 4.69) is 10.6 Å². The summed E-state index contributed by atoms with van der Waals surface area (Å²) in [5, 5.41) is 5.39. The van der Waals surface area contributed by atoms with Crippen molar-refractivity contribution in [2.45, 2.75) is 25.3 Å². The molecule has 0 radical (unpaired) electrons. The van der Waals surface area contributed by atoms with E-state index in [1.54, 1.807) is 6.92 Å². The molecule has 108 valence electrons. The van der Waals surface area contributed by atoms with Crippen molar-refractivity contribution in [3.63, 3.8) is 0 Å². The van der Waals surface area contributed by atoms with Gasteiger partial charge in [0, 0.05) is 6.07 Å². The van der Waals surface area contributed by atoms with Crippen molar-refractivity contribution < 1.29 is 18.4 Å². The summed E-state index contributed by atoms with van der Waals surface area (Å²) in [5.41, 5.74) is 3.46. The zero-order valence-corrected chi connectivity index (χ0v) is 10.9. The largest absolute Gasteiger partial charge is 0.366 e. The Hall–Kier alpha value is -2.02. The van der Waals surface area contributed by atoms with Crippen LogP contribution in [0.2, 0.25) is 0 Å². The van der Waals surface area contributed by atoms with Crippen LogP contribution in [0.15, 0.2) is 12.1 Å². The van der Waals surface area contributed by atoms with Crippen molar-refractivity contribution in [3.8, 4) is 0 Å². The highest BCUT2D eigenvalue weighted by atomic mass is 19.1. The molecule has 1 atom stereocenters. The Morgan fingerprint density at radius 2 is 2.05 bits per heavy atom. The van der Waals surface area contributed by atoms with Gasteiger partial charge in [0.15, 0.2) is 0 Å². The van der Waals surface area contributed by atoms with Crippen molar-refractivity contribution in [3.05, 3.63) is 29.3 Å². The van der Waals surface area contributed by atoms with Gasteiger partial charge >= 0.3 is 0 Å². The fraction of sp³-hybridized carbons (Fsp3) is 0.385. The predicted molar refractivity (Wildman–Crippen MR) is 69.1 cm³/mol. The van der Waals surface area contributed by atoms with Crippen LogP contribution in [0.5, 0.6) is 0 Å². The van der Waals surface area contributed by atoms with E-state index in [0.29, 0.717) is 19.0 Å². The van der Waals surface area contributed by atoms with E-state index in [0.717, 1.165) is 12.5 Å². The van der Waals surface area contributed by atoms with Crippen molar-refractivity contribution in [1.29, 1.82) is 0 Å². The molecule has 0 aliphatic carbocycles. The van der Waals surface area contributed by atoms with Crippen LogP contribution in [-0.2, 0) is 4.79 Å². The lowest BCUT2D eigenvalue weighted by molar-refractivity contribution is -0.121. The number of carbonyl (C=O) groups excluding carboxylic acids is 2. The Kier molecular flexibility index (Phi) is 3.71. The lowest BCUT2D eigenvalue weighted by Gasteiger charge is -2.23. The number of halogens is 2. The zero-order valence-electron chi connectivity index (χ0n) is 10.9. The highest BCUT2D eigenvalue weighted by molar-refractivity contribution is 6.00. The summed E-state index contributed by atoms with van der Waals surface area (Å²) < 4.78 is 27.0. The molecule has 7 heteroatoms. The number of hydrogen-bond acceptors (Lipinski definition) is 3. The first-order valence-corrected chi connectivity index (χ1v) is 6.19. The van der Waals surface area contributed by atoms with E-state index in [9.17, 15) is 18.4 Å². The summed E-state index contributed by atoms with van der Waals surface area (Å²) >= 11 is 0. The van der Waals surface area contributed by atoms with Crippen molar-refractivity contribution >= 4 is 17.5 Å². The Labute approximate surface area is 114 Å². The minimum atomic E-state index is -1.06. The molecule has 1 aliphatic heterocycles. The van der Waals surface area contributed by atoms with Crippen LogP contribution in [0.1, 0.15) is 30.1 Å². The van der Waals surface area contributed by atoms with E-state index < -0.39 is 34.6 Å². The Morgan fingerprint density at radius 1 is 1.35 bits per heavy atom. The van der Waals surface area contributed by atoms with Gasteiger partial charge in [0.1, 0.15) is 11.6 Å². The van der Waals surface area contributed by atoms with Crippen LogP contribution in [0, 0.1) is 11.6 Å². The van der Waals surface area contributed by atoms with Crippen LogP contribution in [0.4, 0.5) is 14.5 Å². The number of hydrogen-bond donors (Lipinski definition) is 3. The van der Waals surface area contributed by atoms with Crippen molar-refractivity contribution in [2.24, 2.45) is 5.73 Å². The van der Waals surface area contributed by atoms with Gasteiger partial charge in [0.05, 0.1) is 16.8 Å². The van der Waals surface area contributed by atoms with Gasteiger partial charge in [-0.25, -0.2) is 8.78 Å². The molecule has 1 fully saturated rings. The third kappa shape index (κ3) is 2.62. The monoisotopic (exact) mass is 283 g/mol. The average molecular weight is 283 g/mol. The second kappa shape index (κ2) is 5.16. The Balaban J connectivity index is 2.27. The van der Waals surface area contributed by atoms with Gasteiger partial charge in [-0.3, -0.25) is 9.59 Å². The number of nitrogens with one attached hydrogen (secondary N) is 2. The molecule has 0 spiro atoms. The Bertz CT molecular complexity index is 569. The van der Waals surface area contributed by atoms with Crippen LogP contribution in [0.25, 0.3) is 0 Å². The van der Waals surface area contributed by atoms with E-state index in [1.165, 1.54) is 0 Å². The van der Waals surface area contributed by atoms with Gasteiger partial charge in [-0.05, 0) is 32.4 Å². The Morgan fingerprint density at radius 3 is 2.60 bits per heavy atom. The zero-order chi connectivity index (χ0) is 14.9. The number of nitrogens with two attached hydrogens (primary N) is 1. The first-order valence-electron chi connectivity index (χ1n) is 6.19. The summed E-state index contributed by atoms with van der Waals surface area (Å²) in [7, 11) is 0. The average Bonchev–Trinajstić information content (AvgIpc) is 2.80. The quantitative estimate of drug-likeness (QED) is 0.778. The SMILES string of the molecule is CC1(C(=O)Nc2cc(C(N)=O)c(F)cc2F)CCCN1. The molecule has 1 heterocycles. The summed E-state index contributed by atoms with van der Waals surface area (Å²) in [6.07, 6.45) is 1.45. The molecule has 4 N–H and O–H groups in total. The summed E-state index contributed by atoms with van der Waals surface area (Å²) in [5.74, 6) is -3.47. The number of primary amides is 1. The molecular formula is C13H15F2N3O2. The molecule has 1 aliphatic rings. The molecule has 0 saturated carbocycles. The molecule has 0 aromatic heterocycles. The molecule has 1 aromatic carbocycles. The summed E-state index contributed by atoms with van der Waals surface area (Å²) in [6, 6.07) is 1.43. The number of anilines is 1. The molecular weight excluding hydrogens is 268 g/mol. The second-order valence-electron chi connectivity index (χ2n) is 4.99. The molecule has 20 heavy (non-hydrogen) atoms. The lowest BCUT2D eigenvalue weighted by Crippen LogP contribution is -2.48. The number of rotatable bonds is 3. The van der Waals surface area contributed by atoms with E-state index in [-0.39, 0.29) is 5.69 Å². The van der Waals surface area contributed by atoms with Gasteiger partial charge in [-0.1, -0.05) is 0 Å². The number of carbonyl (C=O) groups is 2. The molecule has 1 unspecified atom stereocenters. The molecule has 2 rings (SSSR count). The highest BCUT2D eigenvalue weighted by Crippen LogP contribution is 2.24. The fourth-order valence-electron chi connectivity index (χ4n) is 2.18. The molecule has 5 nitrogen and oxygen atoms in total. The van der Waals surface area contributed by atoms with Gasteiger partial charge in [0.25, 0.3) is 5.91 Å². The summed E-state index contributed by atoms with van der Waals surface area (Å²) in [4.78, 5) is 23.1. The maximum atomic E-state index is 13.6. The number of amides is 2. The predicted octanol–water partition coefficient (Wildman–Crippen LogP) is 1.14. The van der Waals surface area contributed by atoms with E-state index in [1.807, 2.05) is 0 Å². The topological polar surface area (TPSA) is 84.2 Å². The van der Waals surface area contributed by atoms with Crippen molar-refractivity contribution in [1.82, 2.24) is 5.32 Å². The lowest BCUT2D eigenvalue weighted by atomic mass is 9.99. The van der Waals surface area contributed by atoms with E-state index in [4.69, 9.17) is 5.73 Å². The van der Waals surface area contributed by atoms with E-state index >= 15 is 0 Å². The van der Waals surface area contributed by atoms with Crippen LogP contribution >= 0.6 is 0 Å². The first-order chi connectivity index (χ1) is 9.33. The molecule has 2 amide bonds. The minimum absolute atomic E-state index is 0.264. The van der Waals surface area contributed by atoms with Crippen LogP contribution in [0.3, 0.4) is 0 Å². The first kappa shape index (κ1) is 14.4. The minimum Gasteiger partial charge on any atom is -0.366 e. The highest BCUT2D eigenvalue weighted by Gasteiger charge is 2.36. The molecule has 0 bridgehead atoms. The maximum absolute atomic E-state index is 13.6. The summed E-state index contributed by atoms with van der Waals surface area (Å²) in [6.45, 7) is 2.40. The maximum Gasteiger partial charge on any atom is 0.251 e. The van der Waals surface area contributed by atoms with Gasteiger partial charge in [-0.15, -0.1) is 0 Å². The normalized spacial score (nSPS) is 21.8. The smallest absolute Gasteiger partial charge is 0.251 e. The standard InChI is InChI=1S/C13H15F2N3O2/c1-13(3-2-4-17-13)12(20)18-10-5-7(11(16)19)8(14)6-9(10)15/h5-6,17H,2-4H2,1H3,(H2,16,19)(H,18,20). The molecule has 1 saturated heterocycles. The second-order valence-corrected chi connectivity index (χ2v) is 4.99. The van der Waals surface area contributed by atoms with Gasteiger partial charge in [0.2, 0.25) is 5.91 Å².